The van der Waals surface area contributed by atoms with E-state index in [4.69, 9.17) is 9.72 Å². The lowest BCUT2D eigenvalue weighted by Gasteiger charge is -2.38. The molecule has 3 heterocycles. The van der Waals surface area contributed by atoms with E-state index in [2.05, 4.69) is 94.9 Å². The largest absolute Gasteiger partial charge is 0.381 e. The van der Waals surface area contributed by atoms with E-state index in [0.29, 0.717) is 5.91 Å². The molecule has 2 atom stereocenters. The standard InChI is InChI=1S/C34H40N4O2/c1-24-12-13-25(2)30(20-24)28-14-15-32-35-33(26-8-5-4-6-9-26)31(38(32)22-28)23-36-16-18-37(19-17-36)34(39)27-10-7-11-29(21-27)40-3/h4-6,8-9,12-15,20,22,27,29H,7,10-11,16-19,21,23H2,1-3H3/t27-,29+/m0/s1. The van der Waals surface area contributed by atoms with Crippen molar-refractivity contribution in [1.82, 2.24) is 19.2 Å². The summed E-state index contributed by atoms with van der Waals surface area (Å²) in [4.78, 5) is 23.0. The Morgan fingerprint density at radius 1 is 0.950 bits per heavy atom. The number of ether oxygens (including phenoxy) is 1. The molecule has 0 spiro atoms. The van der Waals surface area contributed by atoms with Crippen molar-refractivity contribution in [3.05, 3.63) is 83.7 Å². The van der Waals surface area contributed by atoms with Gasteiger partial charge in [-0.05, 0) is 61.9 Å². The Balaban J connectivity index is 1.26. The number of piperazine rings is 1. The number of benzene rings is 2. The maximum Gasteiger partial charge on any atom is 0.225 e. The molecule has 1 aliphatic heterocycles. The summed E-state index contributed by atoms with van der Waals surface area (Å²) in [6, 6.07) is 21.5. The van der Waals surface area contributed by atoms with Gasteiger partial charge in [0.1, 0.15) is 5.65 Å². The van der Waals surface area contributed by atoms with Gasteiger partial charge in [-0.2, -0.15) is 0 Å². The molecule has 2 aromatic carbocycles. The van der Waals surface area contributed by atoms with E-state index >= 15 is 0 Å². The third-order valence-corrected chi connectivity index (χ3v) is 8.83. The molecule has 6 heteroatoms. The van der Waals surface area contributed by atoms with Crippen LogP contribution in [0.25, 0.3) is 28.0 Å². The third-order valence-electron chi connectivity index (χ3n) is 8.83. The molecule has 4 aromatic rings. The van der Waals surface area contributed by atoms with Crippen LogP contribution in [0.15, 0.2) is 66.9 Å². The van der Waals surface area contributed by atoms with E-state index in [0.717, 1.165) is 75.3 Å². The van der Waals surface area contributed by atoms with Crippen LogP contribution in [0.4, 0.5) is 0 Å². The van der Waals surface area contributed by atoms with Crippen LogP contribution < -0.4 is 0 Å². The van der Waals surface area contributed by atoms with Crippen LogP contribution in [0.1, 0.15) is 42.5 Å². The van der Waals surface area contributed by atoms with E-state index in [1.54, 1.807) is 7.11 Å². The molecule has 1 amide bonds. The van der Waals surface area contributed by atoms with Crippen LogP contribution >= 0.6 is 0 Å². The minimum atomic E-state index is 0.109. The first-order valence-electron chi connectivity index (χ1n) is 14.7. The minimum absolute atomic E-state index is 0.109. The molecule has 0 N–H and O–H groups in total. The van der Waals surface area contributed by atoms with Crippen LogP contribution in [0.5, 0.6) is 0 Å². The van der Waals surface area contributed by atoms with Crippen molar-refractivity contribution < 1.29 is 9.53 Å². The highest BCUT2D eigenvalue weighted by atomic mass is 16.5. The Labute approximate surface area is 237 Å². The molecule has 6 nitrogen and oxygen atoms in total. The molecule has 1 saturated heterocycles. The van der Waals surface area contributed by atoms with Gasteiger partial charge >= 0.3 is 0 Å². The van der Waals surface area contributed by atoms with Gasteiger partial charge in [0.15, 0.2) is 0 Å². The highest BCUT2D eigenvalue weighted by molar-refractivity contribution is 5.79. The van der Waals surface area contributed by atoms with Crippen LogP contribution in [0, 0.1) is 19.8 Å². The van der Waals surface area contributed by atoms with Crippen molar-refractivity contribution in [3.8, 4) is 22.4 Å². The average molecular weight is 537 g/mol. The van der Waals surface area contributed by atoms with Crippen molar-refractivity contribution in [1.29, 1.82) is 0 Å². The summed E-state index contributed by atoms with van der Waals surface area (Å²) in [5.41, 5.74) is 9.31. The lowest BCUT2D eigenvalue weighted by molar-refractivity contribution is -0.140. The second-order valence-electron chi connectivity index (χ2n) is 11.6. The topological polar surface area (TPSA) is 50.1 Å². The quantitative estimate of drug-likeness (QED) is 0.297. The fraction of sp³-hybridized carbons (Fsp3) is 0.412. The Morgan fingerprint density at radius 3 is 2.52 bits per heavy atom. The zero-order valence-electron chi connectivity index (χ0n) is 24.0. The number of hydrogen-bond donors (Lipinski definition) is 0. The van der Waals surface area contributed by atoms with Gasteiger partial charge < -0.3 is 14.0 Å². The number of carbonyl (C=O) groups is 1. The summed E-state index contributed by atoms with van der Waals surface area (Å²) < 4.78 is 7.86. The number of amides is 1. The van der Waals surface area contributed by atoms with Gasteiger partial charge in [0, 0.05) is 57.5 Å². The van der Waals surface area contributed by atoms with Crippen LogP contribution in [-0.2, 0) is 16.1 Å². The molecule has 208 valence electrons. The third kappa shape index (κ3) is 5.43. The smallest absolute Gasteiger partial charge is 0.225 e. The number of carbonyl (C=O) groups excluding carboxylic acids is 1. The number of methoxy groups -OCH3 is 1. The Morgan fingerprint density at radius 2 is 1.75 bits per heavy atom. The molecule has 2 aromatic heterocycles. The first kappa shape index (κ1) is 26.7. The van der Waals surface area contributed by atoms with E-state index in [1.807, 2.05) is 0 Å². The molecule has 0 unspecified atom stereocenters. The van der Waals surface area contributed by atoms with Gasteiger partial charge in [-0.3, -0.25) is 9.69 Å². The molecule has 1 aliphatic carbocycles. The summed E-state index contributed by atoms with van der Waals surface area (Å²) in [5.74, 6) is 0.427. The summed E-state index contributed by atoms with van der Waals surface area (Å²) in [6.07, 6.45) is 6.48. The number of imidazole rings is 1. The van der Waals surface area contributed by atoms with Crippen LogP contribution in [0.3, 0.4) is 0 Å². The Bertz CT molecular complexity index is 1490. The van der Waals surface area contributed by atoms with Crippen molar-refractivity contribution in [2.45, 2.75) is 52.2 Å². The highest BCUT2D eigenvalue weighted by Crippen LogP contribution is 2.31. The number of aromatic nitrogens is 2. The predicted octanol–water partition coefficient (Wildman–Crippen LogP) is 6.13. The summed E-state index contributed by atoms with van der Waals surface area (Å²) in [7, 11) is 1.77. The minimum Gasteiger partial charge on any atom is -0.381 e. The van der Waals surface area contributed by atoms with E-state index in [9.17, 15) is 4.79 Å². The molecule has 0 bridgehead atoms. The molecule has 2 aliphatic rings. The SMILES string of the molecule is CO[C@@H]1CCC[C@H](C(=O)N2CCN(Cc3c(-c4ccccc4)nc4ccc(-c5cc(C)ccc5C)cn34)CC2)C1. The number of hydrogen-bond acceptors (Lipinski definition) is 4. The highest BCUT2D eigenvalue weighted by Gasteiger charge is 2.32. The van der Waals surface area contributed by atoms with Gasteiger partial charge in [0.2, 0.25) is 5.91 Å². The first-order valence-corrected chi connectivity index (χ1v) is 14.7. The first-order chi connectivity index (χ1) is 19.5. The predicted molar refractivity (Wildman–Crippen MR) is 160 cm³/mol. The van der Waals surface area contributed by atoms with Crippen molar-refractivity contribution >= 4 is 11.6 Å². The van der Waals surface area contributed by atoms with Crippen LogP contribution in [0.2, 0.25) is 0 Å². The second-order valence-corrected chi connectivity index (χ2v) is 11.6. The van der Waals surface area contributed by atoms with Crippen LogP contribution in [-0.4, -0.2) is 64.5 Å². The van der Waals surface area contributed by atoms with E-state index in [1.165, 1.54) is 27.9 Å². The van der Waals surface area contributed by atoms with Crippen molar-refractivity contribution in [2.75, 3.05) is 33.3 Å². The maximum absolute atomic E-state index is 13.3. The zero-order valence-corrected chi connectivity index (χ0v) is 24.0. The number of fused-ring (bicyclic) bond motifs is 1. The number of rotatable bonds is 6. The van der Waals surface area contributed by atoms with E-state index in [-0.39, 0.29) is 12.0 Å². The summed E-state index contributed by atoms with van der Waals surface area (Å²) in [6.45, 7) is 8.39. The molecule has 1 saturated carbocycles. The average Bonchev–Trinajstić information content (AvgIpc) is 3.36. The Hall–Kier alpha value is -3.48. The fourth-order valence-electron chi connectivity index (χ4n) is 6.46. The number of aryl methyl sites for hydroxylation is 2. The van der Waals surface area contributed by atoms with Gasteiger partial charge in [0.05, 0.1) is 17.5 Å². The molecular weight excluding hydrogens is 496 g/mol. The lowest BCUT2D eigenvalue weighted by Crippen LogP contribution is -2.50. The molecular formula is C34H40N4O2. The normalized spacial score (nSPS) is 20.2. The number of pyridine rings is 1. The zero-order chi connectivity index (χ0) is 27.6. The fourth-order valence-corrected chi connectivity index (χ4v) is 6.46. The van der Waals surface area contributed by atoms with Crippen molar-refractivity contribution in [3.63, 3.8) is 0 Å². The summed E-state index contributed by atoms with van der Waals surface area (Å²) >= 11 is 0. The molecule has 2 fully saturated rings. The van der Waals surface area contributed by atoms with Gasteiger partial charge in [-0.25, -0.2) is 4.98 Å². The van der Waals surface area contributed by atoms with Crippen molar-refractivity contribution in [2.24, 2.45) is 5.92 Å². The van der Waals surface area contributed by atoms with Gasteiger partial charge in [-0.15, -0.1) is 0 Å². The van der Waals surface area contributed by atoms with E-state index < -0.39 is 0 Å². The summed E-state index contributed by atoms with van der Waals surface area (Å²) in [5, 5.41) is 0. The maximum atomic E-state index is 13.3. The lowest BCUT2D eigenvalue weighted by atomic mass is 9.86. The van der Waals surface area contributed by atoms with Gasteiger partial charge in [0.25, 0.3) is 0 Å². The second kappa shape index (κ2) is 11.6. The number of nitrogens with zero attached hydrogens (tertiary/aromatic N) is 4. The molecule has 0 radical (unpaired) electrons. The van der Waals surface area contributed by atoms with Gasteiger partial charge in [-0.1, -0.05) is 60.5 Å². The molecule has 40 heavy (non-hydrogen) atoms. The monoisotopic (exact) mass is 536 g/mol. The molecule has 6 rings (SSSR count). The Kier molecular flexibility index (Phi) is 7.72.